The summed E-state index contributed by atoms with van der Waals surface area (Å²) in [5.41, 5.74) is 2.05. The second-order valence-electron chi connectivity index (χ2n) is 5.24. The number of thiazole rings is 1. The summed E-state index contributed by atoms with van der Waals surface area (Å²) in [7, 11) is 1.29. The molecule has 0 aliphatic heterocycles. The van der Waals surface area contributed by atoms with E-state index in [1.807, 2.05) is 0 Å². The summed E-state index contributed by atoms with van der Waals surface area (Å²) >= 11 is 1.35. The highest BCUT2D eigenvalue weighted by Crippen LogP contribution is 2.31. The molecule has 0 spiro atoms. The van der Waals surface area contributed by atoms with Gasteiger partial charge in [-0.25, -0.2) is 19.3 Å². The summed E-state index contributed by atoms with van der Waals surface area (Å²) in [4.78, 5) is 27.6. The van der Waals surface area contributed by atoms with E-state index in [4.69, 9.17) is 4.74 Å². The molecule has 1 aliphatic carbocycles. The summed E-state index contributed by atoms with van der Waals surface area (Å²) in [6.45, 7) is 0. The standard InChI is InChI=1S/C14H16N4O4S/c1-21-13(19)9-6-18(17-16-9)11-4-2-3-5-12(11)22-14(20)10-7-23-8-15-10/h6-8,11-12H,2-5H2,1H3/t11-,12-/m0/s1. The summed E-state index contributed by atoms with van der Waals surface area (Å²) < 4.78 is 11.8. The Morgan fingerprint density at radius 3 is 2.83 bits per heavy atom. The van der Waals surface area contributed by atoms with Gasteiger partial charge < -0.3 is 9.47 Å². The Bertz CT molecular complexity index is 685. The van der Waals surface area contributed by atoms with Crippen LogP contribution < -0.4 is 0 Å². The first-order valence-corrected chi connectivity index (χ1v) is 8.22. The number of carbonyl (C=O) groups is 2. The van der Waals surface area contributed by atoms with Crippen molar-refractivity contribution in [3.8, 4) is 0 Å². The number of hydrogen-bond donors (Lipinski definition) is 0. The first-order chi connectivity index (χ1) is 11.2. The number of rotatable bonds is 4. The van der Waals surface area contributed by atoms with Gasteiger partial charge in [0.05, 0.1) is 24.9 Å². The molecule has 122 valence electrons. The number of aromatic nitrogens is 4. The summed E-state index contributed by atoms with van der Waals surface area (Å²) in [6.07, 6.45) is 4.75. The molecular formula is C14H16N4O4S. The molecule has 1 saturated carbocycles. The van der Waals surface area contributed by atoms with Crippen molar-refractivity contribution < 1.29 is 19.1 Å². The minimum absolute atomic E-state index is 0.141. The predicted octanol–water partition coefficient (Wildman–Crippen LogP) is 1.86. The van der Waals surface area contributed by atoms with Crippen LogP contribution in [-0.4, -0.2) is 45.1 Å². The topological polar surface area (TPSA) is 96.2 Å². The smallest absolute Gasteiger partial charge is 0.360 e. The fraction of sp³-hybridized carbons (Fsp3) is 0.500. The van der Waals surface area contributed by atoms with Crippen LogP contribution >= 0.6 is 11.3 Å². The maximum absolute atomic E-state index is 12.1. The van der Waals surface area contributed by atoms with Crippen molar-refractivity contribution in [1.82, 2.24) is 20.0 Å². The molecule has 2 aromatic rings. The maximum atomic E-state index is 12.1. The van der Waals surface area contributed by atoms with Crippen molar-refractivity contribution in [2.24, 2.45) is 0 Å². The van der Waals surface area contributed by atoms with Gasteiger partial charge in [-0.3, -0.25) is 0 Å². The first-order valence-electron chi connectivity index (χ1n) is 7.28. The second kappa shape index (κ2) is 6.86. The molecule has 9 heteroatoms. The number of methoxy groups -OCH3 is 1. The quantitative estimate of drug-likeness (QED) is 0.786. The van der Waals surface area contributed by atoms with E-state index >= 15 is 0 Å². The van der Waals surface area contributed by atoms with E-state index in [1.54, 1.807) is 15.6 Å². The minimum Gasteiger partial charge on any atom is -0.464 e. The average molecular weight is 336 g/mol. The molecular weight excluding hydrogens is 320 g/mol. The van der Waals surface area contributed by atoms with Crippen LogP contribution in [0.4, 0.5) is 0 Å². The molecule has 0 amide bonds. The highest BCUT2D eigenvalue weighted by molar-refractivity contribution is 7.07. The van der Waals surface area contributed by atoms with Crippen molar-refractivity contribution in [3.05, 3.63) is 28.5 Å². The molecule has 0 radical (unpaired) electrons. The van der Waals surface area contributed by atoms with E-state index in [2.05, 4.69) is 20.0 Å². The zero-order valence-corrected chi connectivity index (χ0v) is 13.4. The lowest BCUT2D eigenvalue weighted by atomic mass is 9.92. The van der Waals surface area contributed by atoms with Crippen LogP contribution in [0.1, 0.15) is 52.7 Å². The monoisotopic (exact) mass is 336 g/mol. The molecule has 1 aliphatic rings. The first kappa shape index (κ1) is 15.6. The van der Waals surface area contributed by atoms with Gasteiger partial charge in [0.25, 0.3) is 0 Å². The molecule has 2 aromatic heterocycles. The van der Waals surface area contributed by atoms with E-state index < -0.39 is 11.9 Å². The maximum Gasteiger partial charge on any atom is 0.360 e. The van der Waals surface area contributed by atoms with Crippen LogP contribution in [0, 0.1) is 0 Å². The van der Waals surface area contributed by atoms with Crippen LogP contribution in [0.25, 0.3) is 0 Å². The van der Waals surface area contributed by atoms with Crippen molar-refractivity contribution in [1.29, 1.82) is 0 Å². The van der Waals surface area contributed by atoms with Crippen molar-refractivity contribution in [2.45, 2.75) is 37.8 Å². The van der Waals surface area contributed by atoms with Gasteiger partial charge in [-0.15, -0.1) is 16.4 Å². The second-order valence-corrected chi connectivity index (χ2v) is 5.96. The van der Waals surface area contributed by atoms with Crippen molar-refractivity contribution >= 4 is 23.3 Å². The lowest BCUT2D eigenvalue weighted by Crippen LogP contribution is -2.32. The Labute approximate surface area is 136 Å². The van der Waals surface area contributed by atoms with Gasteiger partial charge in [-0.1, -0.05) is 11.6 Å². The number of hydrogen-bond acceptors (Lipinski definition) is 8. The van der Waals surface area contributed by atoms with Gasteiger partial charge >= 0.3 is 11.9 Å². The normalized spacial score (nSPS) is 20.9. The fourth-order valence-corrected chi connectivity index (χ4v) is 3.19. The molecule has 8 nitrogen and oxygen atoms in total. The third-order valence-electron chi connectivity index (χ3n) is 3.81. The lowest BCUT2D eigenvalue weighted by Gasteiger charge is -2.30. The predicted molar refractivity (Wildman–Crippen MR) is 80.2 cm³/mol. The molecule has 1 fully saturated rings. The molecule has 2 atom stereocenters. The van der Waals surface area contributed by atoms with Crippen LogP contribution in [0.15, 0.2) is 17.1 Å². The zero-order chi connectivity index (χ0) is 16.2. The van der Waals surface area contributed by atoms with E-state index in [0.717, 1.165) is 25.7 Å². The van der Waals surface area contributed by atoms with Gasteiger partial charge in [-0.2, -0.15) is 0 Å². The van der Waals surface area contributed by atoms with Crippen LogP contribution in [0.2, 0.25) is 0 Å². The van der Waals surface area contributed by atoms with E-state index in [1.165, 1.54) is 24.6 Å². The highest BCUT2D eigenvalue weighted by Gasteiger charge is 2.32. The molecule has 23 heavy (non-hydrogen) atoms. The number of carbonyl (C=O) groups excluding carboxylic acids is 2. The van der Waals surface area contributed by atoms with E-state index in [9.17, 15) is 9.59 Å². The van der Waals surface area contributed by atoms with Gasteiger partial charge in [0.1, 0.15) is 6.10 Å². The number of nitrogens with zero attached hydrogens (tertiary/aromatic N) is 4. The Morgan fingerprint density at radius 1 is 1.26 bits per heavy atom. The molecule has 0 unspecified atom stereocenters. The van der Waals surface area contributed by atoms with Gasteiger partial charge in [0.2, 0.25) is 0 Å². The Balaban J connectivity index is 1.74. The SMILES string of the molecule is COC(=O)c1cn([C@H]2CCCC[C@@H]2OC(=O)c2cscn2)nn1. The Kier molecular flexibility index (Phi) is 4.65. The highest BCUT2D eigenvalue weighted by atomic mass is 32.1. The number of esters is 2. The molecule has 0 N–H and O–H groups in total. The summed E-state index contributed by atoms with van der Waals surface area (Å²) in [5, 5.41) is 9.46. The van der Waals surface area contributed by atoms with Crippen molar-refractivity contribution in [3.63, 3.8) is 0 Å². The minimum atomic E-state index is -0.539. The third-order valence-corrected chi connectivity index (χ3v) is 4.40. The van der Waals surface area contributed by atoms with Crippen LogP contribution in [-0.2, 0) is 9.47 Å². The van der Waals surface area contributed by atoms with Crippen LogP contribution in [0.3, 0.4) is 0 Å². The van der Waals surface area contributed by atoms with Gasteiger partial charge in [-0.05, 0) is 19.3 Å². The fourth-order valence-electron chi connectivity index (χ4n) is 2.67. The Hall–Kier alpha value is -2.29. The molecule has 0 aromatic carbocycles. The number of ether oxygens (including phenoxy) is 2. The Morgan fingerprint density at radius 2 is 2.09 bits per heavy atom. The van der Waals surface area contributed by atoms with Gasteiger partial charge in [0, 0.05) is 5.38 Å². The zero-order valence-electron chi connectivity index (χ0n) is 12.5. The summed E-state index contributed by atoms with van der Waals surface area (Å²) in [5.74, 6) is -0.973. The molecule has 2 heterocycles. The molecule has 0 bridgehead atoms. The molecule has 3 rings (SSSR count). The van der Waals surface area contributed by atoms with E-state index in [0.29, 0.717) is 5.69 Å². The third kappa shape index (κ3) is 3.39. The van der Waals surface area contributed by atoms with Crippen LogP contribution in [0.5, 0.6) is 0 Å². The van der Waals surface area contributed by atoms with Gasteiger partial charge in [0.15, 0.2) is 11.4 Å². The molecule has 0 saturated heterocycles. The van der Waals surface area contributed by atoms with E-state index in [-0.39, 0.29) is 17.8 Å². The lowest BCUT2D eigenvalue weighted by molar-refractivity contribution is 0.00122. The average Bonchev–Trinajstić information content (AvgIpc) is 3.26. The van der Waals surface area contributed by atoms with Crippen molar-refractivity contribution in [2.75, 3.05) is 7.11 Å². The largest absolute Gasteiger partial charge is 0.464 e. The summed E-state index contributed by atoms with van der Waals surface area (Å²) in [6, 6.07) is -0.141.